The smallest absolute Gasteiger partial charge is 0.277 e. The number of carbonyl (C=O) groups excluding carboxylic acids is 1. The number of fused-ring (bicyclic) bond motifs is 3. The third-order valence-electron chi connectivity index (χ3n) is 4.33. The maximum absolute atomic E-state index is 12.4. The minimum absolute atomic E-state index is 0.204. The molecule has 1 aliphatic carbocycles. The summed E-state index contributed by atoms with van der Waals surface area (Å²) >= 11 is 1.56. The molecule has 0 aliphatic heterocycles. The molecule has 0 radical (unpaired) electrons. The molecule has 0 atom stereocenters. The highest BCUT2D eigenvalue weighted by atomic mass is 32.1. The summed E-state index contributed by atoms with van der Waals surface area (Å²) in [6.07, 6.45) is 2.00. The van der Waals surface area contributed by atoms with Gasteiger partial charge in [0.1, 0.15) is 0 Å². The average molecular weight is 338 g/mol. The van der Waals surface area contributed by atoms with Crippen molar-refractivity contribution < 1.29 is 4.79 Å². The summed E-state index contributed by atoms with van der Waals surface area (Å²) in [7, 11) is 0. The number of amides is 1. The van der Waals surface area contributed by atoms with E-state index in [-0.39, 0.29) is 5.91 Å². The van der Waals surface area contributed by atoms with Crippen molar-refractivity contribution in [2.45, 2.75) is 33.2 Å². The summed E-state index contributed by atoms with van der Waals surface area (Å²) in [5.41, 5.74) is 4.93. The Morgan fingerprint density at radius 1 is 1.33 bits per heavy atom. The van der Waals surface area contributed by atoms with Gasteiger partial charge in [-0.1, -0.05) is 24.3 Å². The standard InChI is InChI=1S/C18H18N4OS/c1-3-22-11(2)10-14(21-22)17(23)20-18-19-16-13-7-5-4-6-12(13)8-9-15(16)24-18/h4-7,10H,3,8-9H2,1-2H3,(H,19,20,23). The van der Waals surface area contributed by atoms with Crippen LogP contribution < -0.4 is 5.32 Å². The first-order valence-corrected chi connectivity index (χ1v) is 8.91. The Balaban J connectivity index is 1.61. The second-order valence-corrected chi connectivity index (χ2v) is 6.97. The van der Waals surface area contributed by atoms with Crippen molar-refractivity contribution >= 4 is 22.4 Å². The maximum atomic E-state index is 12.4. The largest absolute Gasteiger partial charge is 0.296 e. The van der Waals surface area contributed by atoms with Gasteiger partial charge in [0.2, 0.25) is 0 Å². The van der Waals surface area contributed by atoms with E-state index in [1.807, 2.05) is 30.7 Å². The number of aromatic nitrogens is 3. The normalized spacial score (nSPS) is 12.6. The Morgan fingerprint density at radius 2 is 2.17 bits per heavy atom. The minimum atomic E-state index is -0.204. The third-order valence-corrected chi connectivity index (χ3v) is 5.36. The molecule has 1 amide bonds. The van der Waals surface area contributed by atoms with E-state index in [0.717, 1.165) is 30.8 Å². The quantitative estimate of drug-likeness (QED) is 0.792. The average Bonchev–Trinajstić information content (AvgIpc) is 3.17. The van der Waals surface area contributed by atoms with Crippen LogP contribution in [0.3, 0.4) is 0 Å². The summed E-state index contributed by atoms with van der Waals surface area (Å²) in [6.45, 7) is 4.71. The fourth-order valence-electron chi connectivity index (χ4n) is 3.10. The number of nitrogens with zero attached hydrogens (tertiary/aromatic N) is 3. The number of hydrogen-bond donors (Lipinski definition) is 1. The molecule has 1 aliphatic rings. The minimum Gasteiger partial charge on any atom is -0.296 e. The zero-order chi connectivity index (χ0) is 16.7. The Morgan fingerprint density at radius 3 is 2.96 bits per heavy atom. The summed E-state index contributed by atoms with van der Waals surface area (Å²) < 4.78 is 1.82. The second kappa shape index (κ2) is 5.87. The lowest BCUT2D eigenvalue weighted by molar-refractivity contribution is 0.102. The van der Waals surface area contributed by atoms with E-state index in [2.05, 4.69) is 33.6 Å². The van der Waals surface area contributed by atoms with E-state index < -0.39 is 0 Å². The Bertz CT molecular complexity index is 925. The fourth-order valence-corrected chi connectivity index (χ4v) is 4.08. The van der Waals surface area contributed by atoms with Crippen molar-refractivity contribution in [3.05, 3.63) is 52.2 Å². The van der Waals surface area contributed by atoms with Crippen molar-refractivity contribution in [1.29, 1.82) is 0 Å². The van der Waals surface area contributed by atoms with Crippen molar-refractivity contribution in [3.63, 3.8) is 0 Å². The van der Waals surface area contributed by atoms with Crippen LogP contribution in [0.5, 0.6) is 0 Å². The molecule has 122 valence electrons. The molecule has 0 bridgehead atoms. The van der Waals surface area contributed by atoms with E-state index >= 15 is 0 Å². The van der Waals surface area contributed by atoms with Gasteiger partial charge in [0, 0.05) is 22.7 Å². The molecule has 5 nitrogen and oxygen atoms in total. The number of benzene rings is 1. The zero-order valence-electron chi connectivity index (χ0n) is 13.7. The highest BCUT2D eigenvalue weighted by Crippen LogP contribution is 2.37. The van der Waals surface area contributed by atoms with Crippen LogP contribution >= 0.6 is 11.3 Å². The topological polar surface area (TPSA) is 59.8 Å². The molecule has 1 aromatic carbocycles. The first-order chi connectivity index (χ1) is 11.7. The third kappa shape index (κ3) is 2.53. The zero-order valence-corrected chi connectivity index (χ0v) is 14.5. The molecule has 0 unspecified atom stereocenters. The number of rotatable bonds is 3. The molecule has 1 N–H and O–H groups in total. The van der Waals surface area contributed by atoms with Crippen LogP contribution in [0.4, 0.5) is 5.13 Å². The van der Waals surface area contributed by atoms with E-state index in [1.165, 1.54) is 16.0 Å². The molecule has 0 spiro atoms. The van der Waals surface area contributed by atoms with Crippen LogP contribution in [0.25, 0.3) is 11.3 Å². The van der Waals surface area contributed by atoms with Crippen molar-refractivity contribution in [2.24, 2.45) is 0 Å². The van der Waals surface area contributed by atoms with Gasteiger partial charge in [-0.2, -0.15) is 5.10 Å². The van der Waals surface area contributed by atoms with E-state index in [0.29, 0.717) is 10.8 Å². The monoisotopic (exact) mass is 338 g/mol. The van der Waals surface area contributed by atoms with Gasteiger partial charge in [-0.3, -0.25) is 14.8 Å². The van der Waals surface area contributed by atoms with Crippen LogP contribution in [0.15, 0.2) is 30.3 Å². The van der Waals surface area contributed by atoms with Gasteiger partial charge >= 0.3 is 0 Å². The van der Waals surface area contributed by atoms with E-state index in [4.69, 9.17) is 0 Å². The predicted octanol–water partition coefficient (Wildman–Crippen LogP) is 3.69. The molecule has 0 saturated carbocycles. The summed E-state index contributed by atoms with van der Waals surface area (Å²) in [6, 6.07) is 10.2. The number of hydrogen-bond acceptors (Lipinski definition) is 4. The fraction of sp³-hybridized carbons (Fsp3) is 0.278. The first-order valence-electron chi connectivity index (χ1n) is 8.09. The van der Waals surface area contributed by atoms with Crippen molar-refractivity contribution in [1.82, 2.24) is 14.8 Å². The molecule has 6 heteroatoms. The van der Waals surface area contributed by atoms with Gasteiger partial charge in [-0.05, 0) is 38.3 Å². The molecule has 2 aromatic heterocycles. The highest BCUT2D eigenvalue weighted by Gasteiger charge is 2.22. The summed E-state index contributed by atoms with van der Waals surface area (Å²) in [5.74, 6) is -0.204. The van der Waals surface area contributed by atoms with Gasteiger partial charge in [-0.15, -0.1) is 11.3 Å². The predicted molar refractivity (Wildman–Crippen MR) is 95.5 cm³/mol. The molecule has 0 fully saturated rings. The van der Waals surface area contributed by atoms with Gasteiger partial charge in [-0.25, -0.2) is 4.98 Å². The number of anilines is 1. The van der Waals surface area contributed by atoms with Crippen LogP contribution in [0.1, 0.15) is 33.5 Å². The van der Waals surface area contributed by atoms with Crippen LogP contribution in [0, 0.1) is 6.92 Å². The Hall–Kier alpha value is -2.47. The van der Waals surface area contributed by atoms with Crippen LogP contribution in [-0.2, 0) is 19.4 Å². The molecule has 0 saturated heterocycles. The number of thiazole rings is 1. The summed E-state index contributed by atoms with van der Waals surface area (Å²) in [4.78, 5) is 18.3. The van der Waals surface area contributed by atoms with Gasteiger partial charge < -0.3 is 0 Å². The number of aryl methyl sites for hydroxylation is 4. The lowest BCUT2D eigenvalue weighted by atomic mass is 9.94. The molecular weight excluding hydrogens is 320 g/mol. The van der Waals surface area contributed by atoms with Gasteiger partial charge in [0.25, 0.3) is 5.91 Å². The van der Waals surface area contributed by atoms with E-state index in [9.17, 15) is 4.79 Å². The Kier molecular flexibility index (Phi) is 3.69. The van der Waals surface area contributed by atoms with Gasteiger partial charge in [0.05, 0.1) is 5.69 Å². The number of nitrogens with one attached hydrogen (secondary N) is 1. The van der Waals surface area contributed by atoms with E-state index in [1.54, 1.807) is 11.3 Å². The Labute approximate surface area is 144 Å². The molecule has 4 rings (SSSR count). The lowest BCUT2D eigenvalue weighted by Crippen LogP contribution is -2.13. The van der Waals surface area contributed by atoms with Crippen LogP contribution in [0.2, 0.25) is 0 Å². The van der Waals surface area contributed by atoms with Crippen molar-refractivity contribution in [2.75, 3.05) is 5.32 Å². The molecule has 2 heterocycles. The van der Waals surface area contributed by atoms with Gasteiger partial charge in [0.15, 0.2) is 10.8 Å². The highest BCUT2D eigenvalue weighted by molar-refractivity contribution is 7.16. The SMILES string of the molecule is CCn1nc(C(=O)Nc2nc3c(s2)CCc2ccccc2-3)cc1C. The lowest BCUT2D eigenvalue weighted by Gasteiger charge is -2.13. The molecule has 3 aromatic rings. The second-order valence-electron chi connectivity index (χ2n) is 5.89. The number of carbonyl (C=O) groups is 1. The molecular formula is C18H18N4OS. The maximum Gasteiger partial charge on any atom is 0.277 e. The molecule has 24 heavy (non-hydrogen) atoms. The van der Waals surface area contributed by atoms with Crippen LogP contribution in [-0.4, -0.2) is 20.7 Å². The summed E-state index contributed by atoms with van der Waals surface area (Å²) in [5, 5.41) is 7.87. The van der Waals surface area contributed by atoms with Crippen molar-refractivity contribution in [3.8, 4) is 11.3 Å². The first kappa shape index (κ1) is 15.1.